The smallest absolute Gasteiger partial charge is 0.332 e. The summed E-state index contributed by atoms with van der Waals surface area (Å²) in [6, 6.07) is 4.36. The van der Waals surface area contributed by atoms with E-state index < -0.39 is 18.1 Å². The van der Waals surface area contributed by atoms with Crippen molar-refractivity contribution in [1.29, 1.82) is 0 Å². The van der Waals surface area contributed by atoms with Gasteiger partial charge in [0, 0.05) is 0 Å². The summed E-state index contributed by atoms with van der Waals surface area (Å²) in [4.78, 5) is 25.5. The molecule has 0 aliphatic carbocycles. The molecule has 0 saturated carbocycles. The number of nitrogen functional groups attached to an aromatic ring is 1. The van der Waals surface area contributed by atoms with Crippen LogP contribution in [0.3, 0.4) is 0 Å². The molecule has 0 fully saturated rings. The van der Waals surface area contributed by atoms with E-state index in [4.69, 9.17) is 5.84 Å². The van der Waals surface area contributed by atoms with Crippen LogP contribution >= 0.6 is 0 Å². The van der Waals surface area contributed by atoms with Crippen LogP contribution in [0.15, 0.2) is 18.2 Å². The minimum absolute atomic E-state index is 0.0666. The molecule has 0 saturated heterocycles. The molecule has 104 valence electrons. The number of carbonyl (C=O) groups excluding carboxylic acids is 2. The number of halogens is 3. The monoisotopic (exact) mass is 277 g/mol. The Kier molecular flexibility index (Phi) is 4.33. The average Bonchev–Trinajstić information content (AvgIpc) is 2.33. The molecule has 9 heteroatoms. The van der Waals surface area contributed by atoms with Crippen LogP contribution in [-0.4, -0.2) is 18.1 Å². The number of carbonyl (C=O) groups is 2. The van der Waals surface area contributed by atoms with Crippen molar-refractivity contribution >= 4 is 17.6 Å². The van der Waals surface area contributed by atoms with E-state index >= 15 is 0 Å². The molecule has 0 spiro atoms. The van der Waals surface area contributed by atoms with Crippen LogP contribution in [-0.2, 0) is 9.63 Å². The second-order valence-electron chi connectivity index (χ2n) is 3.51. The number of hydrazine groups is 1. The van der Waals surface area contributed by atoms with E-state index in [0.717, 1.165) is 5.56 Å². The van der Waals surface area contributed by atoms with Gasteiger partial charge in [-0.05, 0) is 24.6 Å². The van der Waals surface area contributed by atoms with Crippen molar-refractivity contribution in [2.75, 3.05) is 5.43 Å². The molecule has 0 radical (unpaired) electrons. The van der Waals surface area contributed by atoms with Crippen molar-refractivity contribution in [1.82, 2.24) is 5.48 Å². The Morgan fingerprint density at radius 2 is 1.95 bits per heavy atom. The largest absolute Gasteiger partial charge is 0.493 e. The third-order valence-corrected chi connectivity index (χ3v) is 2.04. The first-order chi connectivity index (χ1) is 8.75. The molecule has 1 amide bonds. The van der Waals surface area contributed by atoms with Gasteiger partial charge in [0.05, 0.1) is 11.3 Å². The number of aryl methyl sites for hydroxylation is 1. The van der Waals surface area contributed by atoms with Crippen LogP contribution < -0.4 is 16.7 Å². The van der Waals surface area contributed by atoms with Gasteiger partial charge in [-0.15, -0.1) is 0 Å². The molecule has 0 bridgehead atoms. The maximum atomic E-state index is 11.8. The van der Waals surface area contributed by atoms with E-state index in [1.54, 1.807) is 13.0 Å². The van der Waals surface area contributed by atoms with E-state index in [-0.39, 0.29) is 11.3 Å². The molecule has 0 atom stereocenters. The van der Waals surface area contributed by atoms with Crippen LogP contribution in [0.1, 0.15) is 15.9 Å². The minimum Gasteiger partial charge on any atom is -0.332 e. The predicted molar refractivity (Wildman–Crippen MR) is 58.6 cm³/mol. The normalized spacial score (nSPS) is 10.8. The Bertz CT molecular complexity index is 503. The summed E-state index contributed by atoms with van der Waals surface area (Å²) < 4.78 is 35.5. The molecule has 1 aromatic rings. The van der Waals surface area contributed by atoms with Crippen molar-refractivity contribution in [2.24, 2.45) is 5.84 Å². The number of hydrogen-bond donors (Lipinski definition) is 3. The van der Waals surface area contributed by atoms with E-state index in [0.29, 0.717) is 0 Å². The minimum atomic E-state index is -5.19. The first-order valence-corrected chi connectivity index (χ1v) is 4.91. The van der Waals surface area contributed by atoms with Crippen molar-refractivity contribution < 1.29 is 27.6 Å². The van der Waals surface area contributed by atoms with Crippen molar-refractivity contribution in [2.45, 2.75) is 13.1 Å². The van der Waals surface area contributed by atoms with Gasteiger partial charge < -0.3 is 10.3 Å². The van der Waals surface area contributed by atoms with E-state index in [9.17, 15) is 22.8 Å². The number of hydroxylamine groups is 1. The van der Waals surface area contributed by atoms with Crippen molar-refractivity contribution in [3.63, 3.8) is 0 Å². The van der Waals surface area contributed by atoms with E-state index in [2.05, 4.69) is 10.3 Å². The number of hydrogen-bond acceptors (Lipinski definition) is 5. The molecule has 4 N–H and O–H groups in total. The van der Waals surface area contributed by atoms with Gasteiger partial charge in [0.25, 0.3) is 5.91 Å². The highest BCUT2D eigenvalue weighted by atomic mass is 19.4. The SMILES string of the molecule is Cc1ccc(C(=O)NOC(=O)C(F)(F)F)c(NN)c1. The lowest BCUT2D eigenvalue weighted by Crippen LogP contribution is -2.35. The van der Waals surface area contributed by atoms with Gasteiger partial charge in [-0.3, -0.25) is 10.6 Å². The summed E-state index contributed by atoms with van der Waals surface area (Å²) in [5.41, 5.74) is 4.50. The number of alkyl halides is 3. The van der Waals surface area contributed by atoms with Gasteiger partial charge in [-0.1, -0.05) is 6.07 Å². The van der Waals surface area contributed by atoms with Crippen LogP contribution in [0.4, 0.5) is 18.9 Å². The van der Waals surface area contributed by atoms with E-state index in [1.165, 1.54) is 17.6 Å². The lowest BCUT2D eigenvalue weighted by molar-refractivity contribution is -0.204. The second kappa shape index (κ2) is 5.57. The summed E-state index contributed by atoms with van der Waals surface area (Å²) in [6.45, 7) is 1.73. The summed E-state index contributed by atoms with van der Waals surface area (Å²) in [5, 5.41) is 0. The van der Waals surface area contributed by atoms with Gasteiger partial charge in [-0.25, -0.2) is 4.79 Å². The molecule has 1 rings (SSSR count). The zero-order valence-electron chi connectivity index (χ0n) is 9.67. The molecule has 0 aromatic heterocycles. The molecule has 0 aliphatic heterocycles. The standard InChI is InChI=1S/C10H10F3N3O3/c1-5-2-3-6(7(4-5)15-14)8(17)16-19-9(18)10(11,12)13/h2-4,15H,14H2,1H3,(H,16,17). The maximum absolute atomic E-state index is 11.8. The number of nitrogens with one attached hydrogen (secondary N) is 2. The highest BCUT2D eigenvalue weighted by molar-refractivity contribution is 5.99. The van der Waals surface area contributed by atoms with Crippen LogP contribution in [0.25, 0.3) is 0 Å². The topological polar surface area (TPSA) is 93.4 Å². The Labute approximate surface area is 105 Å². The molecular formula is C10H10F3N3O3. The Balaban J connectivity index is 2.77. The molecule has 0 heterocycles. The number of benzene rings is 1. The molecular weight excluding hydrogens is 267 g/mol. The number of amides is 1. The summed E-state index contributed by atoms with van der Waals surface area (Å²) >= 11 is 0. The highest BCUT2D eigenvalue weighted by Crippen LogP contribution is 2.18. The van der Waals surface area contributed by atoms with Crippen molar-refractivity contribution in [3.8, 4) is 0 Å². The average molecular weight is 277 g/mol. The first kappa shape index (κ1) is 14.8. The van der Waals surface area contributed by atoms with Gasteiger partial charge in [0.15, 0.2) is 0 Å². The van der Waals surface area contributed by atoms with Crippen LogP contribution in [0.5, 0.6) is 0 Å². The molecule has 6 nitrogen and oxygen atoms in total. The van der Waals surface area contributed by atoms with Crippen molar-refractivity contribution in [3.05, 3.63) is 29.3 Å². The maximum Gasteiger partial charge on any atom is 0.493 e. The Hall–Kier alpha value is -2.29. The van der Waals surface area contributed by atoms with Crippen LogP contribution in [0, 0.1) is 6.92 Å². The summed E-state index contributed by atoms with van der Waals surface area (Å²) in [7, 11) is 0. The fourth-order valence-electron chi connectivity index (χ4n) is 1.18. The first-order valence-electron chi connectivity index (χ1n) is 4.91. The second-order valence-corrected chi connectivity index (χ2v) is 3.51. The van der Waals surface area contributed by atoms with Gasteiger partial charge in [0.1, 0.15) is 0 Å². The van der Waals surface area contributed by atoms with Crippen LogP contribution in [0.2, 0.25) is 0 Å². The third-order valence-electron chi connectivity index (χ3n) is 2.04. The molecule has 0 unspecified atom stereocenters. The predicted octanol–water partition coefficient (Wildman–Crippen LogP) is 1.03. The van der Waals surface area contributed by atoms with Gasteiger partial charge in [0.2, 0.25) is 0 Å². The Morgan fingerprint density at radius 1 is 1.32 bits per heavy atom. The van der Waals surface area contributed by atoms with Gasteiger partial charge in [-0.2, -0.15) is 18.7 Å². The number of nitrogens with two attached hydrogens (primary N) is 1. The quantitative estimate of drug-likeness (QED) is 0.554. The summed E-state index contributed by atoms with van der Waals surface area (Å²) in [5.74, 6) is 1.61. The fourth-order valence-corrected chi connectivity index (χ4v) is 1.18. The molecule has 0 aliphatic rings. The highest BCUT2D eigenvalue weighted by Gasteiger charge is 2.42. The zero-order valence-corrected chi connectivity index (χ0v) is 9.67. The lowest BCUT2D eigenvalue weighted by atomic mass is 10.1. The summed E-state index contributed by atoms with van der Waals surface area (Å²) in [6.07, 6.45) is -5.19. The van der Waals surface area contributed by atoms with Gasteiger partial charge >= 0.3 is 12.1 Å². The third kappa shape index (κ3) is 3.85. The molecule has 19 heavy (non-hydrogen) atoms. The van der Waals surface area contributed by atoms with E-state index in [1.807, 2.05) is 0 Å². The fraction of sp³-hybridized carbons (Fsp3) is 0.200. The Morgan fingerprint density at radius 3 is 2.47 bits per heavy atom. The number of anilines is 1. The number of rotatable bonds is 2. The zero-order chi connectivity index (χ0) is 14.6. The molecule has 1 aromatic carbocycles. The lowest BCUT2D eigenvalue weighted by Gasteiger charge is -2.11.